The number of carboxylic acids is 2. The Labute approximate surface area is 116 Å². The molecule has 4 atom stereocenters. The summed E-state index contributed by atoms with van der Waals surface area (Å²) in [6, 6.07) is 8.61. The lowest BCUT2D eigenvalue weighted by molar-refractivity contribution is -0.328. The predicted molar refractivity (Wildman–Crippen MR) is 65.0 cm³/mol. The quantitative estimate of drug-likeness (QED) is 0.712. The number of Topliss-reactive ketones (excluding diaryl/α,β-unsaturated/α-hetero) is 1. The van der Waals surface area contributed by atoms with Crippen LogP contribution in [0.4, 0.5) is 0 Å². The summed E-state index contributed by atoms with van der Waals surface area (Å²) >= 11 is 0. The summed E-state index contributed by atoms with van der Waals surface area (Å²) in [7, 11) is 0. The van der Waals surface area contributed by atoms with Crippen molar-refractivity contribution in [3.8, 4) is 0 Å². The monoisotopic (exact) mass is 274 g/mol. The fraction of sp³-hybridized carbons (Fsp3) is 0.400. The van der Waals surface area contributed by atoms with Gasteiger partial charge < -0.3 is 19.8 Å². The molecule has 1 aromatic carbocycles. The number of carbonyl (C=O) groups excluding carboxylic acids is 3. The number of hydrogen-bond acceptors (Lipinski definition) is 5. The molecule has 1 saturated carbocycles. The van der Waals surface area contributed by atoms with E-state index >= 15 is 0 Å². The van der Waals surface area contributed by atoms with Gasteiger partial charge in [0.2, 0.25) is 0 Å². The first-order valence-corrected chi connectivity index (χ1v) is 6.43. The van der Waals surface area contributed by atoms with Gasteiger partial charge in [0.15, 0.2) is 0 Å². The van der Waals surface area contributed by atoms with Crippen molar-refractivity contribution in [3.05, 3.63) is 35.9 Å². The van der Waals surface area contributed by atoms with Gasteiger partial charge in [-0.15, -0.1) is 0 Å². The van der Waals surface area contributed by atoms with E-state index in [2.05, 4.69) is 0 Å². The maximum atomic E-state index is 12.0. The van der Waals surface area contributed by atoms with Crippen LogP contribution in [0.1, 0.15) is 24.8 Å². The molecule has 5 nitrogen and oxygen atoms in total. The highest BCUT2D eigenvalue weighted by Crippen LogP contribution is 2.42. The van der Waals surface area contributed by atoms with E-state index in [0.717, 1.165) is 0 Å². The molecule has 1 aliphatic carbocycles. The molecule has 0 spiro atoms. The molecule has 0 unspecified atom stereocenters. The van der Waals surface area contributed by atoms with Crippen molar-refractivity contribution in [2.45, 2.75) is 19.3 Å². The molecule has 2 rings (SSSR count). The molecule has 1 fully saturated rings. The van der Waals surface area contributed by atoms with Crippen molar-refractivity contribution in [3.63, 3.8) is 0 Å². The summed E-state index contributed by atoms with van der Waals surface area (Å²) in [6.45, 7) is 1.63. The molecule has 0 saturated heterocycles. The Balaban J connectivity index is 2.50. The number of carbonyl (C=O) groups is 3. The maximum Gasteiger partial charge on any atom is 0.137 e. The minimum atomic E-state index is -1.51. The van der Waals surface area contributed by atoms with Crippen LogP contribution in [0.15, 0.2) is 30.3 Å². The average Bonchev–Trinajstić information content (AvgIpc) is 2.41. The molecular formula is C15H14O5-2. The fourth-order valence-electron chi connectivity index (χ4n) is 3.00. The Morgan fingerprint density at radius 3 is 2.20 bits per heavy atom. The van der Waals surface area contributed by atoms with E-state index in [1.807, 2.05) is 0 Å². The van der Waals surface area contributed by atoms with Crippen molar-refractivity contribution < 1.29 is 24.6 Å². The summed E-state index contributed by atoms with van der Waals surface area (Å²) in [5.74, 6) is -7.08. The zero-order chi connectivity index (χ0) is 14.9. The molecule has 0 radical (unpaired) electrons. The number of ketones is 1. The van der Waals surface area contributed by atoms with Crippen LogP contribution in [0.3, 0.4) is 0 Å². The van der Waals surface area contributed by atoms with Gasteiger partial charge in [0.25, 0.3) is 0 Å². The standard InChI is InChI=1S/C15H16O5/c1-8-11(16)7-10(14(17)18)13(15(19)20)12(8)9-5-3-2-4-6-9/h2-6,8,10,12-13H,7H2,1H3,(H,17,18)(H,19,20)/p-2/t8-,10-,12+,13-/m1/s1. The smallest absolute Gasteiger partial charge is 0.137 e. The third-order valence-corrected chi connectivity index (χ3v) is 4.05. The van der Waals surface area contributed by atoms with Gasteiger partial charge in [-0.1, -0.05) is 37.3 Å². The molecule has 20 heavy (non-hydrogen) atoms. The van der Waals surface area contributed by atoms with Crippen molar-refractivity contribution in [2.75, 3.05) is 0 Å². The third-order valence-electron chi connectivity index (χ3n) is 4.05. The molecular weight excluding hydrogens is 260 g/mol. The zero-order valence-electron chi connectivity index (χ0n) is 10.9. The van der Waals surface area contributed by atoms with Gasteiger partial charge in [-0.25, -0.2) is 0 Å². The van der Waals surface area contributed by atoms with Gasteiger partial charge in [0, 0.05) is 42.0 Å². The van der Waals surface area contributed by atoms with E-state index in [-0.39, 0.29) is 12.2 Å². The predicted octanol–water partition coefficient (Wildman–Crippen LogP) is -0.889. The van der Waals surface area contributed by atoms with Crippen LogP contribution in [-0.4, -0.2) is 17.7 Å². The van der Waals surface area contributed by atoms with E-state index in [0.29, 0.717) is 5.56 Å². The highest BCUT2D eigenvalue weighted by molar-refractivity contribution is 5.91. The molecule has 0 aliphatic heterocycles. The first-order chi connectivity index (χ1) is 9.43. The molecule has 1 aromatic rings. The van der Waals surface area contributed by atoms with E-state index in [1.54, 1.807) is 37.3 Å². The largest absolute Gasteiger partial charge is 0.550 e. The van der Waals surface area contributed by atoms with Crippen molar-refractivity contribution in [2.24, 2.45) is 17.8 Å². The molecule has 0 heterocycles. The molecule has 0 bridgehead atoms. The first kappa shape index (κ1) is 14.2. The second-order valence-electron chi connectivity index (χ2n) is 5.17. The number of carboxylic acid groups (broad SMARTS) is 2. The number of benzene rings is 1. The Bertz CT molecular complexity index is 536. The summed E-state index contributed by atoms with van der Waals surface area (Å²) < 4.78 is 0. The van der Waals surface area contributed by atoms with E-state index in [4.69, 9.17) is 0 Å². The summed E-state index contributed by atoms with van der Waals surface area (Å²) in [5.41, 5.74) is 0.633. The van der Waals surface area contributed by atoms with E-state index in [1.165, 1.54) is 0 Å². The summed E-state index contributed by atoms with van der Waals surface area (Å²) in [6.07, 6.45) is -0.314. The lowest BCUT2D eigenvalue weighted by Gasteiger charge is -2.42. The van der Waals surface area contributed by atoms with Gasteiger partial charge in [0.1, 0.15) is 5.78 Å². The SMILES string of the molecule is C[C@@H]1C(=O)C[C@@H](C(=O)[O-])[C@@H](C(=O)[O-])[C@@H]1c1ccccc1. The Morgan fingerprint density at radius 2 is 1.70 bits per heavy atom. The highest BCUT2D eigenvalue weighted by atomic mass is 16.4. The van der Waals surface area contributed by atoms with Crippen LogP contribution in [0.2, 0.25) is 0 Å². The second-order valence-corrected chi connectivity index (χ2v) is 5.17. The van der Waals surface area contributed by atoms with Crippen molar-refractivity contribution >= 4 is 17.7 Å². The molecule has 0 aromatic heterocycles. The summed E-state index contributed by atoms with van der Waals surface area (Å²) in [4.78, 5) is 34.5. The maximum absolute atomic E-state index is 12.0. The number of aliphatic carboxylic acids is 2. The third kappa shape index (κ3) is 2.43. The number of rotatable bonds is 3. The van der Waals surface area contributed by atoms with Crippen LogP contribution in [0.25, 0.3) is 0 Å². The van der Waals surface area contributed by atoms with E-state index < -0.39 is 35.6 Å². The second kappa shape index (κ2) is 5.45. The minimum Gasteiger partial charge on any atom is -0.550 e. The molecule has 106 valence electrons. The number of hydrogen-bond donors (Lipinski definition) is 0. The van der Waals surface area contributed by atoms with Crippen molar-refractivity contribution in [1.29, 1.82) is 0 Å². The average molecular weight is 274 g/mol. The molecule has 5 heteroatoms. The van der Waals surface area contributed by atoms with Gasteiger partial charge in [-0.2, -0.15) is 0 Å². The van der Waals surface area contributed by atoms with E-state index in [9.17, 15) is 24.6 Å². The Morgan fingerprint density at radius 1 is 1.10 bits per heavy atom. The van der Waals surface area contributed by atoms with Crippen molar-refractivity contribution in [1.82, 2.24) is 0 Å². The normalized spacial score (nSPS) is 29.9. The molecule has 0 N–H and O–H groups in total. The topological polar surface area (TPSA) is 97.3 Å². The van der Waals surface area contributed by atoms with Crippen LogP contribution < -0.4 is 10.2 Å². The van der Waals surface area contributed by atoms with Crippen LogP contribution in [0.5, 0.6) is 0 Å². The molecule has 0 amide bonds. The van der Waals surface area contributed by atoms with Crippen LogP contribution in [-0.2, 0) is 14.4 Å². The Kier molecular flexibility index (Phi) is 3.88. The van der Waals surface area contributed by atoms with Gasteiger partial charge >= 0.3 is 0 Å². The van der Waals surface area contributed by atoms with Crippen LogP contribution >= 0.6 is 0 Å². The Hall–Kier alpha value is -2.17. The lowest BCUT2D eigenvalue weighted by atomic mass is 9.64. The minimum absolute atomic E-state index is 0.259. The summed E-state index contributed by atoms with van der Waals surface area (Å²) in [5, 5.41) is 22.5. The van der Waals surface area contributed by atoms with Gasteiger partial charge in [-0.05, 0) is 5.56 Å². The van der Waals surface area contributed by atoms with Gasteiger partial charge in [-0.3, -0.25) is 4.79 Å². The first-order valence-electron chi connectivity index (χ1n) is 6.43. The molecule has 1 aliphatic rings. The highest BCUT2D eigenvalue weighted by Gasteiger charge is 2.43. The van der Waals surface area contributed by atoms with Gasteiger partial charge in [0.05, 0.1) is 0 Å². The van der Waals surface area contributed by atoms with Crippen LogP contribution in [0, 0.1) is 17.8 Å². The zero-order valence-corrected chi connectivity index (χ0v) is 10.9. The fourth-order valence-corrected chi connectivity index (χ4v) is 3.00. The lowest BCUT2D eigenvalue weighted by Crippen LogP contribution is -2.52.